The van der Waals surface area contributed by atoms with Gasteiger partial charge in [0, 0.05) is 10.2 Å². The van der Waals surface area contributed by atoms with Gasteiger partial charge in [0.2, 0.25) is 0 Å². The third-order valence-electron chi connectivity index (χ3n) is 3.23. The van der Waals surface area contributed by atoms with Gasteiger partial charge in [0.1, 0.15) is 12.2 Å². The first-order chi connectivity index (χ1) is 10.1. The molecule has 1 unspecified atom stereocenters. The largest absolute Gasteiger partial charge is 0.481 e. The number of rotatable bonds is 6. The number of aryl methyl sites for hydroxylation is 1. The Hall–Kier alpha value is -1.75. The van der Waals surface area contributed by atoms with Gasteiger partial charge in [-0.25, -0.2) is 9.97 Å². The van der Waals surface area contributed by atoms with Crippen molar-refractivity contribution in [1.82, 2.24) is 9.97 Å². The highest BCUT2D eigenvalue weighted by Crippen LogP contribution is 2.22. The summed E-state index contributed by atoms with van der Waals surface area (Å²) in [5.41, 5.74) is 2.43. The van der Waals surface area contributed by atoms with E-state index in [0.29, 0.717) is 12.1 Å². The summed E-state index contributed by atoms with van der Waals surface area (Å²) in [6.45, 7) is 2.07. The molecule has 1 heterocycles. The van der Waals surface area contributed by atoms with Crippen molar-refractivity contribution in [3.63, 3.8) is 0 Å². The van der Waals surface area contributed by atoms with Crippen LogP contribution in [0.4, 0.5) is 0 Å². The van der Waals surface area contributed by atoms with Crippen molar-refractivity contribution >= 4 is 21.9 Å². The molecular formula is C16H17BrN2O2. The lowest BCUT2D eigenvalue weighted by Gasteiger charge is -2.13. The number of aliphatic carboxylic acids is 1. The molecule has 0 aliphatic rings. The van der Waals surface area contributed by atoms with E-state index < -0.39 is 11.9 Å². The first-order valence-electron chi connectivity index (χ1n) is 6.88. The lowest BCUT2D eigenvalue weighted by Crippen LogP contribution is -2.16. The molecule has 0 aliphatic carbocycles. The van der Waals surface area contributed by atoms with Crippen molar-refractivity contribution in [2.45, 2.75) is 32.1 Å². The smallest absolute Gasteiger partial charge is 0.312 e. The fourth-order valence-corrected chi connectivity index (χ4v) is 2.66. The second kappa shape index (κ2) is 7.31. The Kier molecular flexibility index (Phi) is 5.44. The van der Waals surface area contributed by atoms with Crippen molar-refractivity contribution in [3.8, 4) is 0 Å². The topological polar surface area (TPSA) is 63.1 Å². The Morgan fingerprint density at radius 2 is 2.14 bits per heavy atom. The van der Waals surface area contributed by atoms with Crippen molar-refractivity contribution in [2.75, 3.05) is 0 Å². The number of hydrogen-bond acceptors (Lipinski definition) is 3. The zero-order valence-electron chi connectivity index (χ0n) is 11.8. The summed E-state index contributed by atoms with van der Waals surface area (Å²) in [5, 5.41) is 9.51. The molecule has 4 nitrogen and oxygen atoms in total. The molecule has 0 saturated heterocycles. The summed E-state index contributed by atoms with van der Waals surface area (Å²) in [7, 11) is 0. The molecule has 1 aromatic carbocycles. The molecule has 0 spiro atoms. The lowest BCUT2D eigenvalue weighted by molar-refractivity contribution is -0.138. The predicted octanol–water partition coefficient (Wildman–Crippen LogP) is 3.60. The number of carboxylic acid groups (broad SMARTS) is 1. The number of carbonyl (C=O) groups is 1. The van der Waals surface area contributed by atoms with Gasteiger partial charge in [-0.3, -0.25) is 4.79 Å². The summed E-state index contributed by atoms with van der Waals surface area (Å²) in [6, 6.07) is 9.49. The fourth-order valence-electron chi connectivity index (χ4n) is 2.22. The average Bonchev–Trinajstić information content (AvgIpc) is 2.45. The number of halogens is 1. The summed E-state index contributed by atoms with van der Waals surface area (Å²) in [5.74, 6) is -1.52. The van der Waals surface area contributed by atoms with Gasteiger partial charge in [-0.2, -0.15) is 0 Å². The van der Waals surface area contributed by atoms with Crippen LogP contribution in [0.5, 0.6) is 0 Å². The molecule has 0 aliphatic heterocycles. The van der Waals surface area contributed by atoms with Gasteiger partial charge in [-0.15, -0.1) is 0 Å². The predicted molar refractivity (Wildman–Crippen MR) is 84.2 cm³/mol. The molecule has 2 rings (SSSR count). The van der Waals surface area contributed by atoms with Gasteiger partial charge in [-0.05, 0) is 36.6 Å². The van der Waals surface area contributed by atoms with Crippen LogP contribution < -0.4 is 0 Å². The Morgan fingerprint density at radius 3 is 2.81 bits per heavy atom. The molecule has 1 N–H and O–H groups in total. The van der Waals surface area contributed by atoms with E-state index in [1.165, 1.54) is 6.33 Å². The first kappa shape index (κ1) is 15.6. The van der Waals surface area contributed by atoms with E-state index >= 15 is 0 Å². The van der Waals surface area contributed by atoms with Crippen LogP contribution in [0.3, 0.4) is 0 Å². The van der Waals surface area contributed by atoms with Crippen LogP contribution in [0.15, 0.2) is 41.1 Å². The maximum atomic E-state index is 11.6. The standard InChI is InChI=1S/C16H17BrN2O2/c1-2-4-13-9-15(19-10-18-13)14(16(20)21)8-11-5-3-6-12(17)7-11/h3,5-7,9-10,14H,2,4,8H2,1H3,(H,20,21). The highest BCUT2D eigenvalue weighted by atomic mass is 79.9. The third kappa shape index (κ3) is 4.36. The second-order valence-corrected chi connectivity index (χ2v) is 5.82. The Balaban J connectivity index is 2.26. The van der Waals surface area contributed by atoms with Gasteiger partial charge in [0.05, 0.1) is 5.69 Å². The van der Waals surface area contributed by atoms with Crippen molar-refractivity contribution in [3.05, 3.63) is 58.1 Å². The van der Waals surface area contributed by atoms with E-state index in [1.807, 2.05) is 24.3 Å². The maximum absolute atomic E-state index is 11.6. The molecule has 1 atom stereocenters. The molecule has 0 amide bonds. The van der Waals surface area contributed by atoms with E-state index in [9.17, 15) is 9.90 Å². The average molecular weight is 349 g/mol. The number of hydrogen-bond donors (Lipinski definition) is 1. The van der Waals surface area contributed by atoms with Gasteiger partial charge in [-0.1, -0.05) is 41.4 Å². The van der Waals surface area contributed by atoms with Crippen LogP contribution in [0.2, 0.25) is 0 Å². The number of nitrogens with zero attached hydrogens (tertiary/aromatic N) is 2. The Morgan fingerprint density at radius 1 is 1.33 bits per heavy atom. The molecular weight excluding hydrogens is 332 g/mol. The van der Waals surface area contributed by atoms with E-state index in [2.05, 4.69) is 32.8 Å². The molecule has 21 heavy (non-hydrogen) atoms. The molecule has 110 valence electrons. The van der Waals surface area contributed by atoms with E-state index in [4.69, 9.17) is 0 Å². The maximum Gasteiger partial charge on any atom is 0.312 e. The van der Waals surface area contributed by atoms with Gasteiger partial charge < -0.3 is 5.11 Å². The fraction of sp³-hybridized carbons (Fsp3) is 0.312. The third-order valence-corrected chi connectivity index (χ3v) is 3.73. The molecule has 0 radical (unpaired) electrons. The molecule has 0 fully saturated rings. The van der Waals surface area contributed by atoms with Crippen LogP contribution in [-0.4, -0.2) is 21.0 Å². The first-order valence-corrected chi connectivity index (χ1v) is 7.67. The monoisotopic (exact) mass is 348 g/mol. The summed E-state index contributed by atoms with van der Waals surface area (Å²) in [4.78, 5) is 19.9. The van der Waals surface area contributed by atoms with Crippen LogP contribution in [-0.2, 0) is 17.6 Å². The van der Waals surface area contributed by atoms with Gasteiger partial charge in [0.25, 0.3) is 0 Å². The van der Waals surface area contributed by atoms with Gasteiger partial charge >= 0.3 is 5.97 Å². The van der Waals surface area contributed by atoms with Gasteiger partial charge in [0.15, 0.2) is 0 Å². The molecule has 0 saturated carbocycles. The number of carboxylic acids is 1. The molecule has 1 aromatic heterocycles. The summed E-state index contributed by atoms with van der Waals surface area (Å²) >= 11 is 3.40. The van der Waals surface area contributed by atoms with Crippen LogP contribution in [0.25, 0.3) is 0 Å². The molecule has 0 bridgehead atoms. The Labute approximate surface area is 132 Å². The highest BCUT2D eigenvalue weighted by molar-refractivity contribution is 9.10. The lowest BCUT2D eigenvalue weighted by atomic mass is 9.95. The van der Waals surface area contributed by atoms with Crippen LogP contribution in [0.1, 0.15) is 36.2 Å². The van der Waals surface area contributed by atoms with Crippen molar-refractivity contribution in [2.24, 2.45) is 0 Å². The number of aromatic nitrogens is 2. The minimum atomic E-state index is -0.865. The zero-order valence-corrected chi connectivity index (χ0v) is 13.4. The Bertz CT molecular complexity index is 631. The van der Waals surface area contributed by atoms with E-state index in [0.717, 1.165) is 28.6 Å². The minimum Gasteiger partial charge on any atom is -0.481 e. The van der Waals surface area contributed by atoms with E-state index in [-0.39, 0.29) is 0 Å². The summed E-state index contributed by atoms with van der Waals surface area (Å²) < 4.78 is 0.943. The second-order valence-electron chi connectivity index (χ2n) is 4.91. The number of benzene rings is 1. The zero-order chi connectivity index (χ0) is 15.2. The molecule has 5 heteroatoms. The van der Waals surface area contributed by atoms with Crippen LogP contribution in [0, 0.1) is 0 Å². The SMILES string of the molecule is CCCc1cc(C(Cc2cccc(Br)c2)C(=O)O)ncn1. The molecule has 2 aromatic rings. The highest BCUT2D eigenvalue weighted by Gasteiger charge is 2.22. The normalized spacial score (nSPS) is 12.1. The quantitative estimate of drug-likeness (QED) is 0.866. The van der Waals surface area contributed by atoms with Crippen molar-refractivity contribution in [1.29, 1.82) is 0 Å². The van der Waals surface area contributed by atoms with E-state index in [1.54, 1.807) is 6.07 Å². The van der Waals surface area contributed by atoms with Crippen molar-refractivity contribution < 1.29 is 9.90 Å². The minimum absolute atomic E-state index is 0.414. The van der Waals surface area contributed by atoms with Crippen LogP contribution >= 0.6 is 15.9 Å². The summed E-state index contributed by atoms with van der Waals surface area (Å²) in [6.07, 6.45) is 3.67.